The van der Waals surface area contributed by atoms with E-state index in [1.807, 2.05) is 24.3 Å². The van der Waals surface area contributed by atoms with Crippen LogP contribution in [0.4, 0.5) is 5.69 Å². The molecule has 1 fully saturated rings. The van der Waals surface area contributed by atoms with E-state index in [1.165, 1.54) is 5.69 Å². The Morgan fingerprint density at radius 3 is 2.12 bits per heavy atom. The van der Waals surface area contributed by atoms with Crippen molar-refractivity contribution in [1.82, 2.24) is 4.90 Å². The number of rotatable bonds is 6. The molecule has 0 spiro atoms. The normalized spacial score (nSPS) is 16.8. The lowest BCUT2D eigenvalue weighted by Crippen LogP contribution is -2.47. The first-order valence-corrected chi connectivity index (χ1v) is 8.52. The lowest BCUT2D eigenvalue weighted by atomic mass is 10.0. The molecule has 4 nitrogen and oxygen atoms in total. The van der Waals surface area contributed by atoms with E-state index in [0.717, 1.165) is 26.2 Å². The molecule has 0 aromatic heterocycles. The SMILES string of the molecule is O=C(CCN1CCN(c2ccccc2)CC1)C(O)c1ccccc1. The van der Waals surface area contributed by atoms with Crippen molar-refractivity contribution in [2.45, 2.75) is 12.5 Å². The number of Topliss-reactive ketones (excluding diaryl/α,β-unsaturated/α-hetero) is 1. The Morgan fingerprint density at radius 2 is 1.50 bits per heavy atom. The summed E-state index contributed by atoms with van der Waals surface area (Å²) in [5.74, 6) is -0.105. The lowest BCUT2D eigenvalue weighted by molar-refractivity contribution is -0.127. The van der Waals surface area contributed by atoms with Gasteiger partial charge in [-0.15, -0.1) is 0 Å². The second kappa shape index (κ2) is 8.08. The van der Waals surface area contributed by atoms with Gasteiger partial charge in [-0.2, -0.15) is 0 Å². The molecule has 1 N–H and O–H groups in total. The molecule has 2 aromatic rings. The van der Waals surface area contributed by atoms with Crippen LogP contribution in [0.25, 0.3) is 0 Å². The van der Waals surface area contributed by atoms with Gasteiger partial charge in [0.2, 0.25) is 0 Å². The number of para-hydroxylation sites is 1. The predicted octanol–water partition coefficient (Wildman–Crippen LogP) is 2.50. The summed E-state index contributed by atoms with van der Waals surface area (Å²) in [6.45, 7) is 4.55. The van der Waals surface area contributed by atoms with Gasteiger partial charge in [-0.3, -0.25) is 9.69 Å². The van der Waals surface area contributed by atoms with E-state index in [9.17, 15) is 9.90 Å². The van der Waals surface area contributed by atoms with Crippen molar-refractivity contribution >= 4 is 11.5 Å². The minimum atomic E-state index is -1.00. The maximum atomic E-state index is 12.2. The monoisotopic (exact) mass is 324 g/mol. The van der Waals surface area contributed by atoms with Gasteiger partial charge in [-0.1, -0.05) is 48.5 Å². The Morgan fingerprint density at radius 1 is 0.917 bits per heavy atom. The summed E-state index contributed by atoms with van der Waals surface area (Å²) in [6.07, 6.45) is -0.613. The second-order valence-corrected chi connectivity index (χ2v) is 6.19. The molecule has 1 saturated heterocycles. The largest absolute Gasteiger partial charge is 0.381 e. The van der Waals surface area contributed by atoms with Crippen LogP contribution in [-0.4, -0.2) is 48.5 Å². The van der Waals surface area contributed by atoms with Gasteiger partial charge in [0.25, 0.3) is 0 Å². The van der Waals surface area contributed by atoms with E-state index < -0.39 is 6.10 Å². The Bertz CT molecular complexity index is 637. The average molecular weight is 324 g/mol. The molecule has 0 amide bonds. The van der Waals surface area contributed by atoms with Gasteiger partial charge >= 0.3 is 0 Å². The van der Waals surface area contributed by atoms with Gasteiger partial charge in [-0.25, -0.2) is 0 Å². The number of aliphatic hydroxyl groups excluding tert-OH is 1. The zero-order chi connectivity index (χ0) is 16.8. The number of benzene rings is 2. The van der Waals surface area contributed by atoms with Crippen molar-refractivity contribution in [3.63, 3.8) is 0 Å². The molecule has 1 atom stereocenters. The highest BCUT2D eigenvalue weighted by Crippen LogP contribution is 2.17. The molecule has 1 aliphatic rings. The molecule has 0 bridgehead atoms. The summed E-state index contributed by atoms with van der Waals surface area (Å²) >= 11 is 0. The molecule has 1 aliphatic heterocycles. The molecular formula is C20H24N2O2. The smallest absolute Gasteiger partial charge is 0.167 e. The Balaban J connectivity index is 1.44. The fourth-order valence-electron chi connectivity index (χ4n) is 3.09. The van der Waals surface area contributed by atoms with E-state index in [-0.39, 0.29) is 5.78 Å². The molecule has 3 rings (SSSR count). The summed E-state index contributed by atoms with van der Waals surface area (Å²) in [5.41, 5.74) is 1.93. The van der Waals surface area contributed by atoms with E-state index >= 15 is 0 Å². The van der Waals surface area contributed by atoms with Crippen LogP contribution in [0.3, 0.4) is 0 Å². The third-order valence-electron chi connectivity index (χ3n) is 4.59. The highest BCUT2D eigenvalue weighted by molar-refractivity contribution is 5.84. The fraction of sp³-hybridized carbons (Fsp3) is 0.350. The zero-order valence-corrected chi connectivity index (χ0v) is 13.8. The van der Waals surface area contributed by atoms with E-state index in [1.54, 1.807) is 12.1 Å². The molecule has 0 aliphatic carbocycles. The van der Waals surface area contributed by atoms with Crippen LogP contribution in [0, 0.1) is 0 Å². The number of carbonyl (C=O) groups is 1. The highest BCUT2D eigenvalue weighted by atomic mass is 16.3. The molecule has 2 aromatic carbocycles. The number of piperazine rings is 1. The van der Waals surface area contributed by atoms with Gasteiger partial charge in [0.15, 0.2) is 5.78 Å². The summed E-state index contributed by atoms with van der Waals surface area (Å²) in [5, 5.41) is 10.1. The first-order valence-electron chi connectivity index (χ1n) is 8.52. The van der Waals surface area contributed by atoms with Gasteiger partial charge in [0.1, 0.15) is 6.10 Å². The van der Waals surface area contributed by atoms with Crippen molar-refractivity contribution in [2.24, 2.45) is 0 Å². The first kappa shape index (κ1) is 16.7. The van der Waals surface area contributed by atoms with Crippen LogP contribution in [0.5, 0.6) is 0 Å². The van der Waals surface area contributed by atoms with Crippen molar-refractivity contribution in [3.05, 3.63) is 66.2 Å². The van der Waals surface area contributed by atoms with Gasteiger partial charge in [-0.05, 0) is 17.7 Å². The molecule has 0 radical (unpaired) electrons. The fourth-order valence-corrected chi connectivity index (χ4v) is 3.09. The van der Waals surface area contributed by atoms with Crippen LogP contribution < -0.4 is 4.90 Å². The molecular weight excluding hydrogens is 300 g/mol. The Hall–Kier alpha value is -2.17. The van der Waals surface area contributed by atoms with Crippen molar-refractivity contribution in [3.8, 4) is 0 Å². The summed E-state index contributed by atoms with van der Waals surface area (Å²) in [6, 6.07) is 19.6. The third-order valence-corrected chi connectivity index (χ3v) is 4.59. The number of aliphatic hydroxyl groups is 1. The molecule has 1 heterocycles. The van der Waals surface area contributed by atoms with Crippen molar-refractivity contribution in [2.75, 3.05) is 37.6 Å². The standard InChI is InChI=1S/C20H24N2O2/c23-19(20(24)17-7-3-1-4-8-17)11-12-21-13-15-22(16-14-21)18-9-5-2-6-10-18/h1-10,20,24H,11-16H2. The molecule has 4 heteroatoms. The first-order chi connectivity index (χ1) is 11.7. The van der Waals surface area contributed by atoms with Gasteiger partial charge in [0, 0.05) is 44.8 Å². The van der Waals surface area contributed by atoms with Gasteiger partial charge < -0.3 is 10.0 Å². The number of anilines is 1. The number of hydrogen-bond donors (Lipinski definition) is 1. The molecule has 24 heavy (non-hydrogen) atoms. The van der Waals surface area contributed by atoms with Gasteiger partial charge in [0.05, 0.1) is 0 Å². The average Bonchev–Trinajstić information content (AvgIpc) is 2.67. The summed E-state index contributed by atoms with van der Waals surface area (Å²) < 4.78 is 0. The quantitative estimate of drug-likeness (QED) is 0.887. The van der Waals surface area contributed by atoms with Crippen LogP contribution in [0.2, 0.25) is 0 Å². The number of hydrogen-bond acceptors (Lipinski definition) is 4. The van der Waals surface area contributed by atoms with Crippen LogP contribution >= 0.6 is 0 Å². The van der Waals surface area contributed by atoms with Crippen molar-refractivity contribution in [1.29, 1.82) is 0 Å². The molecule has 1 unspecified atom stereocenters. The Kier molecular flexibility index (Phi) is 5.62. The van der Waals surface area contributed by atoms with E-state index in [2.05, 4.69) is 34.1 Å². The number of ketones is 1. The van der Waals surface area contributed by atoms with Crippen LogP contribution in [-0.2, 0) is 4.79 Å². The highest BCUT2D eigenvalue weighted by Gasteiger charge is 2.20. The minimum Gasteiger partial charge on any atom is -0.381 e. The van der Waals surface area contributed by atoms with E-state index in [0.29, 0.717) is 18.5 Å². The van der Waals surface area contributed by atoms with Crippen molar-refractivity contribution < 1.29 is 9.90 Å². The maximum Gasteiger partial charge on any atom is 0.167 e. The lowest BCUT2D eigenvalue weighted by Gasteiger charge is -2.36. The third kappa shape index (κ3) is 4.22. The summed E-state index contributed by atoms with van der Waals surface area (Å²) in [4.78, 5) is 16.9. The second-order valence-electron chi connectivity index (χ2n) is 6.19. The maximum absolute atomic E-state index is 12.2. The minimum absolute atomic E-state index is 0.105. The topological polar surface area (TPSA) is 43.8 Å². The van der Waals surface area contributed by atoms with E-state index in [4.69, 9.17) is 0 Å². The van der Waals surface area contributed by atoms with Crippen LogP contribution in [0.15, 0.2) is 60.7 Å². The predicted molar refractivity (Wildman–Crippen MR) is 96.1 cm³/mol. The number of carbonyl (C=O) groups excluding carboxylic acids is 1. The Labute approximate surface area is 143 Å². The zero-order valence-electron chi connectivity index (χ0n) is 13.8. The molecule has 0 saturated carbocycles. The summed E-state index contributed by atoms with van der Waals surface area (Å²) in [7, 11) is 0. The number of nitrogens with zero attached hydrogens (tertiary/aromatic N) is 2. The molecule has 126 valence electrons. The van der Waals surface area contributed by atoms with Crippen LogP contribution in [0.1, 0.15) is 18.1 Å².